The second kappa shape index (κ2) is 5.48. The zero-order chi connectivity index (χ0) is 13.1. The molecule has 0 aliphatic carbocycles. The lowest BCUT2D eigenvalue weighted by molar-refractivity contribution is 0.0983. The standard InChI is InChI=1S/C14H21N3O/c1-4-14(18)13-6-5-11(9-15-13)17-8-7-12(10-17)16(2)3/h5-6,9,12H,4,7-8,10H2,1-3H3. The Morgan fingerprint density at radius 2 is 2.28 bits per heavy atom. The molecule has 0 spiro atoms. The van der Waals surface area contributed by atoms with Gasteiger partial charge in [-0.1, -0.05) is 6.92 Å². The van der Waals surface area contributed by atoms with E-state index >= 15 is 0 Å². The number of aromatic nitrogens is 1. The summed E-state index contributed by atoms with van der Waals surface area (Å²) in [5.41, 5.74) is 1.69. The van der Waals surface area contributed by atoms with Crippen molar-refractivity contribution >= 4 is 11.5 Å². The van der Waals surface area contributed by atoms with E-state index < -0.39 is 0 Å². The molecule has 2 rings (SSSR count). The largest absolute Gasteiger partial charge is 0.369 e. The molecule has 1 aliphatic rings. The number of hydrogen-bond donors (Lipinski definition) is 0. The summed E-state index contributed by atoms with van der Waals surface area (Å²) in [4.78, 5) is 20.4. The van der Waals surface area contributed by atoms with Crippen molar-refractivity contribution in [3.63, 3.8) is 0 Å². The lowest BCUT2D eigenvalue weighted by atomic mass is 10.2. The van der Waals surface area contributed by atoms with E-state index in [0.29, 0.717) is 18.2 Å². The molecule has 1 saturated heterocycles. The van der Waals surface area contributed by atoms with Gasteiger partial charge in [0.15, 0.2) is 5.78 Å². The van der Waals surface area contributed by atoms with Gasteiger partial charge in [0, 0.05) is 25.6 Å². The summed E-state index contributed by atoms with van der Waals surface area (Å²) >= 11 is 0. The molecule has 1 aromatic heterocycles. The quantitative estimate of drug-likeness (QED) is 0.760. The topological polar surface area (TPSA) is 36.4 Å². The van der Waals surface area contributed by atoms with Gasteiger partial charge in [-0.3, -0.25) is 9.78 Å². The van der Waals surface area contributed by atoms with Crippen molar-refractivity contribution in [2.24, 2.45) is 0 Å². The molecule has 4 heteroatoms. The van der Waals surface area contributed by atoms with Crippen LogP contribution in [0, 0.1) is 0 Å². The Morgan fingerprint density at radius 3 is 2.78 bits per heavy atom. The van der Waals surface area contributed by atoms with Crippen LogP contribution in [0.3, 0.4) is 0 Å². The highest BCUT2D eigenvalue weighted by Crippen LogP contribution is 2.21. The maximum absolute atomic E-state index is 11.5. The average molecular weight is 247 g/mol. The third-order valence-electron chi connectivity index (χ3n) is 3.61. The van der Waals surface area contributed by atoms with Gasteiger partial charge in [0.25, 0.3) is 0 Å². The molecule has 1 fully saturated rings. The molecule has 0 bridgehead atoms. The van der Waals surface area contributed by atoms with Crippen LogP contribution in [0.4, 0.5) is 5.69 Å². The fourth-order valence-corrected chi connectivity index (χ4v) is 2.32. The van der Waals surface area contributed by atoms with Gasteiger partial charge in [0.1, 0.15) is 5.69 Å². The van der Waals surface area contributed by atoms with E-state index in [2.05, 4.69) is 28.9 Å². The first-order chi connectivity index (χ1) is 8.61. The van der Waals surface area contributed by atoms with Crippen molar-refractivity contribution in [1.29, 1.82) is 0 Å². The van der Waals surface area contributed by atoms with Crippen molar-refractivity contribution < 1.29 is 4.79 Å². The Morgan fingerprint density at radius 1 is 1.50 bits per heavy atom. The first kappa shape index (κ1) is 13.0. The van der Waals surface area contributed by atoms with E-state index in [1.54, 1.807) is 0 Å². The number of nitrogens with zero attached hydrogens (tertiary/aromatic N) is 3. The van der Waals surface area contributed by atoms with E-state index in [4.69, 9.17) is 0 Å². The van der Waals surface area contributed by atoms with Crippen molar-refractivity contribution in [2.45, 2.75) is 25.8 Å². The number of rotatable bonds is 4. The fourth-order valence-electron chi connectivity index (χ4n) is 2.32. The molecule has 2 heterocycles. The van der Waals surface area contributed by atoms with Crippen LogP contribution in [0.25, 0.3) is 0 Å². The smallest absolute Gasteiger partial charge is 0.180 e. The molecule has 1 aliphatic heterocycles. The van der Waals surface area contributed by atoms with Crippen LogP contribution in [-0.4, -0.2) is 48.9 Å². The van der Waals surface area contributed by atoms with Crippen LogP contribution in [0.1, 0.15) is 30.3 Å². The van der Waals surface area contributed by atoms with E-state index in [1.165, 1.54) is 6.42 Å². The Kier molecular flexibility index (Phi) is 3.97. The third-order valence-corrected chi connectivity index (χ3v) is 3.61. The molecular weight excluding hydrogens is 226 g/mol. The predicted molar refractivity (Wildman–Crippen MR) is 73.2 cm³/mol. The summed E-state index contributed by atoms with van der Waals surface area (Å²) < 4.78 is 0. The number of pyridine rings is 1. The summed E-state index contributed by atoms with van der Waals surface area (Å²) in [6.45, 7) is 3.96. The maximum atomic E-state index is 11.5. The second-order valence-corrected chi connectivity index (χ2v) is 5.03. The van der Waals surface area contributed by atoms with E-state index in [9.17, 15) is 4.79 Å². The van der Waals surface area contributed by atoms with E-state index in [0.717, 1.165) is 18.8 Å². The van der Waals surface area contributed by atoms with Gasteiger partial charge in [0.2, 0.25) is 0 Å². The van der Waals surface area contributed by atoms with Crippen LogP contribution in [0.2, 0.25) is 0 Å². The van der Waals surface area contributed by atoms with Gasteiger partial charge in [-0.05, 0) is 32.6 Å². The highest BCUT2D eigenvalue weighted by atomic mass is 16.1. The Labute approximate surface area is 109 Å². The molecule has 0 N–H and O–H groups in total. The number of Topliss-reactive ketones (excluding diaryl/α,β-unsaturated/α-hetero) is 1. The average Bonchev–Trinajstić information content (AvgIpc) is 2.88. The molecule has 1 atom stereocenters. The van der Waals surface area contributed by atoms with Crippen molar-refractivity contribution in [1.82, 2.24) is 9.88 Å². The Hall–Kier alpha value is -1.42. The summed E-state index contributed by atoms with van der Waals surface area (Å²) in [5.74, 6) is 0.106. The summed E-state index contributed by atoms with van der Waals surface area (Å²) in [5, 5.41) is 0. The molecular formula is C14H21N3O. The van der Waals surface area contributed by atoms with Crippen LogP contribution in [-0.2, 0) is 0 Å². The number of anilines is 1. The number of carbonyl (C=O) groups excluding carboxylic acids is 1. The van der Waals surface area contributed by atoms with Gasteiger partial charge in [0.05, 0.1) is 11.9 Å². The SMILES string of the molecule is CCC(=O)c1ccc(N2CCC(N(C)C)C2)cn1. The minimum Gasteiger partial charge on any atom is -0.369 e. The highest BCUT2D eigenvalue weighted by Gasteiger charge is 2.24. The van der Waals surface area contributed by atoms with Crippen LogP contribution < -0.4 is 4.90 Å². The third kappa shape index (κ3) is 2.70. The second-order valence-electron chi connectivity index (χ2n) is 5.03. The summed E-state index contributed by atoms with van der Waals surface area (Å²) in [6.07, 6.45) is 3.52. The maximum Gasteiger partial charge on any atom is 0.180 e. The van der Waals surface area contributed by atoms with Crippen LogP contribution in [0.15, 0.2) is 18.3 Å². The lowest BCUT2D eigenvalue weighted by Crippen LogP contribution is -2.31. The van der Waals surface area contributed by atoms with Gasteiger partial charge < -0.3 is 9.80 Å². The van der Waals surface area contributed by atoms with Gasteiger partial charge in [-0.2, -0.15) is 0 Å². The first-order valence-corrected chi connectivity index (χ1v) is 6.52. The minimum absolute atomic E-state index is 0.106. The van der Waals surface area contributed by atoms with Crippen LogP contribution >= 0.6 is 0 Å². The fraction of sp³-hybridized carbons (Fsp3) is 0.571. The van der Waals surface area contributed by atoms with Crippen LogP contribution in [0.5, 0.6) is 0 Å². The normalized spacial score (nSPS) is 19.6. The van der Waals surface area contributed by atoms with E-state index in [-0.39, 0.29) is 5.78 Å². The zero-order valence-corrected chi connectivity index (χ0v) is 11.4. The minimum atomic E-state index is 0.106. The molecule has 4 nitrogen and oxygen atoms in total. The molecule has 18 heavy (non-hydrogen) atoms. The highest BCUT2D eigenvalue weighted by molar-refractivity contribution is 5.94. The molecule has 1 unspecified atom stereocenters. The molecule has 0 radical (unpaired) electrons. The first-order valence-electron chi connectivity index (χ1n) is 6.52. The molecule has 1 aromatic rings. The summed E-state index contributed by atoms with van der Waals surface area (Å²) in [6, 6.07) is 4.46. The Balaban J connectivity index is 2.05. The van der Waals surface area contributed by atoms with Crippen molar-refractivity contribution in [3.8, 4) is 0 Å². The Bertz CT molecular complexity index is 414. The molecule has 0 amide bonds. The van der Waals surface area contributed by atoms with Gasteiger partial charge >= 0.3 is 0 Å². The number of carbonyl (C=O) groups is 1. The molecule has 0 saturated carbocycles. The monoisotopic (exact) mass is 247 g/mol. The number of ketones is 1. The number of likely N-dealkylation sites (N-methyl/N-ethyl adjacent to an activating group) is 1. The van der Waals surface area contributed by atoms with Crippen molar-refractivity contribution in [2.75, 3.05) is 32.1 Å². The zero-order valence-electron chi connectivity index (χ0n) is 11.4. The molecule has 0 aromatic carbocycles. The predicted octanol–water partition coefficient (Wildman–Crippen LogP) is 1.81. The van der Waals surface area contributed by atoms with E-state index in [1.807, 2.05) is 25.3 Å². The van der Waals surface area contributed by atoms with Crippen molar-refractivity contribution in [3.05, 3.63) is 24.0 Å². The van der Waals surface area contributed by atoms with Gasteiger partial charge in [-0.25, -0.2) is 0 Å². The van der Waals surface area contributed by atoms with Gasteiger partial charge in [-0.15, -0.1) is 0 Å². The molecule has 98 valence electrons. The number of hydrogen-bond acceptors (Lipinski definition) is 4. The lowest BCUT2D eigenvalue weighted by Gasteiger charge is -2.21. The summed E-state index contributed by atoms with van der Waals surface area (Å²) in [7, 11) is 4.24.